The summed E-state index contributed by atoms with van der Waals surface area (Å²) in [6.45, 7) is 2.05. The fourth-order valence-electron chi connectivity index (χ4n) is 2.04. The second-order valence-corrected chi connectivity index (χ2v) is 5.90. The third-order valence-corrected chi connectivity index (χ3v) is 4.03. The number of anilines is 1. The van der Waals surface area contributed by atoms with E-state index in [0.29, 0.717) is 10.7 Å². The lowest BCUT2D eigenvalue weighted by molar-refractivity contribution is -0.384. The van der Waals surface area contributed by atoms with Gasteiger partial charge in [-0.1, -0.05) is 46.6 Å². The Hall–Kier alpha value is -1.59. The zero-order chi connectivity index (χ0) is 15.4. The first kappa shape index (κ1) is 15.8. The largest absolute Gasteiger partial charge is 0.377 e. The zero-order valence-electron chi connectivity index (χ0n) is 11.3. The fraction of sp³-hybridized carbons (Fsp3) is 0.200. The molecule has 2 aromatic rings. The summed E-state index contributed by atoms with van der Waals surface area (Å²) in [5.41, 5.74) is 1.69. The highest BCUT2D eigenvalue weighted by Gasteiger charge is 2.14. The topological polar surface area (TPSA) is 55.2 Å². The highest BCUT2D eigenvalue weighted by Crippen LogP contribution is 2.31. The molecule has 0 saturated carbocycles. The van der Waals surface area contributed by atoms with Gasteiger partial charge in [0.2, 0.25) is 0 Å². The van der Waals surface area contributed by atoms with Crippen molar-refractivity contribution < 1.29 is 4.92 Å². The third-order valence-electron chi connectivity index (χ3n) is 3.17. The lowest BCUT2D eigenvalue weighted by atomic mass is 10.0. The Morgan fingerprint density at radius 3 is 2.52 bits per heavy atom. The first-order valence-electron chi connectivity index (χ1n) is 6.47. The molecule has 0 aliphatic carbocycles. The van der Waals surface area contributed by atoms with Crippen LogP contribution in [0, 0.1) is 10.1 Å². The van der Waals surface area contributed by atoms with Gasteiger partial charge in [0, 0.05) is 16.6 Å². The molecule has 0 heterocycles. The van der Waals surface area contributed by atoms with Crippen LogP contribution < -0.4 is 5.32 Å². The number of halogens is 2. The molecule has 0 aliphatic rings. The minimum atomic E-state index is -0.428. The Balaban J connectivity index is 2.28. The highest BCUT2D eigenvalue weighted by molar-refractivity contribution is 9.10. The van der Waals surface area contributed by atoms with Crippen molar-refractivity contribution in [1.82, 2.24) is 0 Å². The van der Waals surface area contributed by atoms with E-state index in [2.05, 4.69) is 21.2 Å². The molecule has 1 unspecified atom stereocenters. The Morgan fingerprint density at radius 1 is 1.29 bits per heavy atom. The lowest BCUT2D eigenvalue weighted by Crippen LogP contribution is -2.10. The first-order valence-corrected chi connectivity index (χ1v) is 7.64. The van der Waals surface area contributed by atoms with E-state index in [1.54, 1.807) is 0 Å². The predicted octanol–water partition coefficient (Wildman–Crippen LogP) is 5.57. The van der Waals surface area contributed by atoms with E-state index in [9.17, 15) is 10.1 Å². The number of benzene rings is 2. The van der Waals surface area contributed by atoms with Gasteiger partial charge in [-0.15, -0.1) is 0 Å². The van der Waals surface area contributed by atoms with Crippen LogP contribution in [0.2, 0.25) is 5.02 Å². The molecule has 4 nitrogen and oxygen atoms in total. The van der Waals surface area contributed by atoms with Crippen molar-refractivity contribution in [3.05, 3.63) is 67.6 Å². The van der Waals surface area contributed by atoms with Crippen molar-refractivity contribution >= 4 is 38.9 Å². The smallest absolute Gasteiger partial charge is 0.271 e. The van der Waals surface area contributed by atoms with Crippen LogP contribution in [0.25, 0.3) is 0 Å². The van der Waals surface area contributed by atoms with Gasteiger partial charge in [-0.2, -0.15) is 0 Å². The fourth-order valence-corrected chi connectivity index (χ4v) is 2.48. The van der Waals surface area contributed by atoms with Gasteiger partial charge >= 0.3 is 0 Å². The molecular formula is C15H14BrClN2O2. The van der Waals surface area contributed by atoms with Gasteiger partial charge in [-0.3, -0.25) is 10.1 Å². The second-order valence-electron chi connectivity index (χ2n) is 4.58. The van der Waals surface area contributed by atoms with Gasteiger partial charge in [0.05, 0.1) is 21.7 Å². The number of hydrogen-bond donors (Lipinski definition) is 1. The molecule has 2 aromatic carbocycles. The van der Waals surface area contributed by atoms with Gasteiger partial charge in [0.1, 0.15) is 0 Å². The number of nitro benzene ring substituents is 1. The van der Waals surface area contributed by atoms with Crippen molar-refractivity contribution in [1.29, 1.82) is 0 Å². The predicted molar refractivity (Wildman–Crippen MR) is 88.9 cm³/mol. The van der Waals surface area contributed by atoms with Crippen LogP contribution in [0.5, 0.6) is 0 Å². The summed E-state index contributed by atoms with van der Waals surface area (Å²) in [6, 6.07) is 12.4. The van der Waals surface area contributed by atoms with E-state index in [0.717, 1.165) is 16.5 Å². The zero-order valence-corrected chi connectivity index (χ0v) is 13.7. The summed E-state index contributed by atoms with van der Waals surface area (Å²) in [7, 11) is 0. The molecule has 0 amide bonds. The van der Waals surface area contributed by atoms with Crippen LogP contribution in [0.1, 0.15) is 24.9 Å². The molecule has 1 atom stereocenters. The summed E-state index contributed by atoms with van der Waals surface area (Å²) < 4.78 is 1.01. The molecule has 0 aromatic heterocycles. The van der Waals surface area contributed by atoms with E-state index < -0.39 is 4.92 Å². The van der Waals surface area contributed by atoms with E-state index in [1.807, 2.05) is 31.2 Å². The number of nitrogens with one attached hydrogen (secondary N) is 1. The summed E-state index contributed by atoms with van der Waals surface area (Å²) >= 11 is 9.53. The first-order chi connectivity index (χ1) is 10.0. The van der Waals surface area contributed by atoms with Gasteiger partial charge < -0.3 is 5.32 Å². The van der Waals surface area contributed by atoms with Crippen molar-refractivity contribution in [2.45, 2.75) is 19.4 Å². The van der Waals surface area contributed by atoms with Crippen LogP contribution in [0.3, 0.4) is 0 Å². The SMILES string of the molecule is CCC(Nc1cc([N+](=O)[O-])ccc1Cl)c1ccc(Br)cc1. The number of nitro groups is 1. The number of non-ortho nitro benzene ring substituents is 1. The Labute approximate surface area is 136 Å². The third kappa shape index (κ3) is 3.95. The van der Waals surface area contributed by atoms with E-state index in [1.165, 1.54) is 18.2 Å². The number of rotatable bonds is 5. The Morgan fingerprint density at radius 2 is 1.95 bits per heavy atom. The molecule has 21 heavy (non-hydrogen) atoms. The van der Waals surface area contributed by atoms with Crippen LogP contribution in [-0.4, -0.2) is 4.92 Å². The van der Waals surface area contributed by atoms with Crippen molar-refractivity contribution in [3.8, 4) is 0 Å². The van der Waals surface area contributed by atoms with Gasteiger partial charge in [-0.25, -0.2) is 0 Å². The minimum absolute atomic E-state index is 0.0209. The lowest BCUT2D eigenvalue weighted by Gasteiger charge is -2.19. The maximum Gasteiger partial charge on any atom is 0.271 e. The van der Waals surface area contributed by atoms with E-state index in [4.69, 9.17) is 11.6 Å². The Kier molecular flexibility index (Phi) is 5.20. The van der Waals surface area contributed by atoms with Gasteiger partial charge in [0.15, 0.2) is 0 Å². The summed E-state index contributed by atoms with van der Waals surface area (Å²) in [5, 5.41) is 14.6. The van der Waals surface area contributed by atoms with Crippen LogP contribution in [0.15, 0.2) is 46.9 Å². The molecule has 0 fully saturated rings. The average Bonchev–Trinajstić information content (AvgIpc) is 2.47. The van der Waals surface area contributed by atoms with Crippen LogP contribution >= 0.6 is 27.5 Å². The normalized spacial score (nSPS) is 12.0. The molecule has 0 spiro atoms. The molecule has 0 bridgehead atoms. The maximum absolute atomic E-state index is 10.9. The average molecular weight is 370 g/mol. The quantitative estimate of drug-likeness (QED) is 0.553. The molecule has 1 N–H and O–H groups in total. The van der Waals surface area contributed by atoms with Gasteiger partial charge in [-0.05, 0) is 30.2 Å². The molecule has 2 rings (SSSR count). The summed E-state index contributed by atoms with van der Waals surface area (Å²) in [4.78, 5) is 10.4. The molecule has 110 valence electrons. The van der Waals surface area contributed by atoms with E-state index >= 15 is 0 Å². The molecule has 0 aliphatic heterocycles. The standard InChI is InChI=1S/C15H14BrClN2O2/c1-2-14(10-3-5-11(16)6-4-10)18-15-9-12(19(20)21)7-8-13(15)17/h3-9,14,18H,2H2,1H3. The van der Waals surface area contributed by atoms with Gasteiger partial charge in [0.25, 0.3) is 5.69 Å². The maximum atomic E-state index is 10.9. The molecule has 0 saturated heterocycles. The monoisotopic (exact) mass is 368 g/mol. The summed E-state index contributed by atoms with van der Waals surface area (Å²) in [5.74, 6) is 0. The summed E-state index contributed by atoms with van der Waals surface area (Å²) in [6.07, 6.45) is 0.834. The molecule has 0 radical (unpaired) electrons. The van der Waals surface area contributed by atoms with Crippen LogP contribution in [-0.2, 0) is 0 Å². The molecular weight excluding hydrogens is 356 g/mol. The number of nitrogens with zero attached hydrogens (tertiary/aromatic N) is 1. The highest BCUT2D eigenvalue weighted by atomic mass is 79.9. The van der Waals surface area contributed by atoms with E-state index in [-0.39, 0.29) is 11.7 Å². The van der Waals surface area contributed by atoms with Crippen molar-refractivity contribution in [2.75, 3.05) is 5.32 Å². The van der Waals surface area contributed by atoms with Crippen LogP contribution in [0.4, 0.5) is 11.4 Å². The van der Waals surface area contributed by atoms with Crippen molar-refractivity contribution in [2.24, 2.45) is 0 Å². The second kappa shape index (κ2) is 6.91. The number of hydrogen-bond acceptors (Lipinski definition) is 3. The minimum Gasteiger partial charge on any atom is -0.377 e. The van der Waals surface area contributed by atoms with Crippen molar-refractivity contribution in [3.63, 3.8) is 0 Å². The Bertz CT molecular complexity index is 647. The molecule has 6 heteroatoms.